The Balaban J connectivity index is 2.08. The zero-order valence-corrected chi connectivity index (χ0v) is 9.18. The van der Waals surface area contributed by atoms with Gasteiger partial charge in [0.1, 0.15) is 0 Å². The van der Waals surface area contributed by atoms with Gasteiger partial charge < -0.3 is 10.0 Å². The number of aromatic nitrogens is 1. The van der Waals surface area contributed by atoms with E-state index in [0.29, 0.717) is 31.1 Å². The molecule has 1 N–H and O–H groups in total. The van der Waals surface area contributed by atoms with Crippen LogP contribution in [0.4, 0.5) is 18.3 Å². The van der Waals surface area contributed by atoms with E-state index >= 15 is 0 Å². The molecule has 2 heterocycles. The predicted molar refractivity (Wildman–Crippen MR) is 54.6 cm³/mol. The van der Waals surface area contributed by atoms with E-state index in [1.807, 2.05) is 0 Å². The topological polar surface area (TPSA) is 36.4 Å². The summed E-state index contributed by atoms with van der Waals surface area (Å²) in [5, 5.41) is 10.7. The van der Waals surface area contributed by atoms with Crippen molar-refractivity contribution in [3.63, 3.8) is 0 Å². The normalized spacial score (nSPS) is 19.1. The first-order chi connectivity index (χ1) is 7.47. The van der Waals surface area contributed by atoms with Crippen LogP contribution < -0.4 is 4.90 Å². The minimum Gasteiger partial charge on any atom is -0.393 e. The molecule has 1 fully saturated rings. The fraction of sp³-hybridized carbons (Fsp3) is 0.667. The minimum atomic E-state index is -4.37. The molecule has 7 heteroatoms. The fourth-order valence-corrected chi connectivity index (χ4v) is 2.48. The van der Waals surface area contributed by atoms with Crippen LogP contribution in [0.5, 0.6) is 0 Å². The second-order valence-corrected chi connectivity index (χ2v) is 4.57. The van der Waals surface area contributed by atoms with Crippen LogP contribution in [0.15, 0.2) is 5.38 Å². The van der Waals surface area contributed by atoms with E-state index in [0.717, 1.165) is 16.7 Å². The highest BCUT2D eigenvalue weighted by molar-refractivity contribution is 7.13. The number of nitrogens with zero attached hydrogens (tertiary/aromatic N) is 2. The van der Waals surface area contributed by atoms with Crippen LogP contribution in [0.2, 0.25) is 0 Å². The molecular formula is C9H11F3N2OS. The van der Waals surface area contributed by atoms with Crippen molar-refractivity contribution in [2.24, 2.45) is 0 Å². The Bertz CT molecular complexity index is 358. The third kappa shape index (κ3) is 2.46. The van der Waals surface area contributed by atoms with Gasteiger partial charge in [0, 0.05) is 18.5 Å². The van der Waals surface area contributed by atoms with Crippen molar-refractivity contribution in [2.45, 2.75) is 25.1 Å². The number of hydrogen-bond acceptors (Lipinski definition) is 4. The molecule has 0 saturated carbocycles. The Hall–Kier alpha value is -0.820. The first-order valence-corrected chi connectivity index (χ1v) is 5.80. The van der Waals surface area contributed by atoms with Crippen molar-refractivity contribution >= 4 is 16.5 Å². The highest BCUT2D eigenvalue weighted by Gasteiger charge is 2.34. The van der Waals surface area contributed by atoms with E-state index in [1.165, 1.54) is 0 Å². The molecule has 90 valence electrons. The van der Waals surface area contributed by atoms with Crippen LogP contribution in [-0.2, 0) is 6.18 Å². The number of alkyl halides is 3. The van der Waals surface area contributed by atoms with Crippen LogP contribution in [0.25, 0.3) is 0 Å². The Kier molecular flexibility index (Phi) is 3.07. The molecule has 0 bridgehead atoms. The standard InChI is InChI=1S/C9H11F3N2OS/c10-9(11,12)7-5-16-8(13-7)14-3-1-6(15)2-4-14/h5-6,15H,1-4H2. The summed E-state index contributed by atoms with van der Waals surface area (Å²) in [6.45, 7) is 1.12. The SMILES string of the molecule is OC1CCN(c2nc(C(F)(F)F)cs2)CC1. The molecule has 0 amide bonds. The van der Waals surface area contributed by atoms with Crippen LogP contribution in [0, 0.1) is 0 Å². The Morgan fingerprint density at radius 3 is 2.50 bits per heavy atom. The van der Waals surface area contributed by atoms with Crippen LogP contribution in [0.3, 0.4) is 0 Å². The summed E-state index contributed by atoms with van der Waals surface area (Å²) in [7, 11) is 0. The first-order valence-electron chi connectivity index (χ1n) is 4.92. The van der Waals surface area contributed by atoms with Crippen molar-refractivity contribution in [3.05, 3.63) is 11.1 Å². The molecule has 0 unspecified atom stereocenters. The van der Waals surface area contributed by atoms with E-state index in [2.05, 4.69) is 4.98 Å². The Morgan fingerprint density at radius 1 is 1.38 bits per heavy atom. The highest BCUT2D eigenvalue weighted by atomic mass is 32.1. The monoisotopic (exact) mass is 252 g/mol. The average molecular weight is 252 g/mol. The molecule has 2 rings (SSSR count). The van der Waals surface area contributed by atoms with E-state index in [1.54, 1.807) is 4.90 Å². The lowest BCUT2D eigenvalue weighted by molar-refractivity contribution is -0.140. The molecule has 1 saturated heterocycles. The minimum absolute atomic E-state index is 0.335. The average Bonchev–Trinajstić information content (AvgIpc) is 2.67. The Labute approximate surface area is 94.5 Å². The van der Waals surface area contributed by atoms with Crippen molar-refractivity contribution in [2.75, 3.05) is 18.0 Å². The fourth-order valence-electron chi connectivity index (χ4n) is 1.60. The zero-order valence-electron chi connectivity index (χ0n) is 8.37. The largest absolute Gasteiger partial charge is 0.434 e. The smallest absolute Gasteiger partial charge is 0.393 e. The van der Waals surface area contributed by atoms with E-state index in [9.17, 15) is 18.3 Å². The maximum absolute atomic E-state index is 12.3. The van der Waals surface area contributed by atoms with Gasteiger partial charge in [-0.15, -0.1) is 11.3 Å². The molecular weight excluding hydrogens is 241 g/mol. The number of anilines is 1. The molecule has 1 aromatic rings. The number of halogens is 3. The van der Waals surface area contributed by atoms with Gasteiger partial charge in [0.05, 0.1) is 6.10 Å². The van der Waals surface area contributed by atoms with Gasteiger partial charge in [-0.05, 0) is 12.8 Å². The summed E-state index contributed by atoms with van der Waals surface area (Å²) < 4.78 is 36.9. The van der Waals surface area contributed by atoms with E-state index in [4.69, 9.17) is 0 Å². The van der Waals surface area contributed by atoms with Crippen LogP contribution in [0.1, 0.15) is 18.5 Å². The summed E-state index contributed by atoms with van der Waals surface area (Å²) in [6, 6.07) is 0. The summed E-state index contributed by atoms with van der Waals surface area (Å²) in [5.74, 6) is 0. The summed E-state index contributed by atoms with van der Waals surface area (Å²) in [5.41, 5.74) is -0.835. The van der Waals surface area contributed by atoms with Gasteiger partial charge in [0.2, 0.25) is 0 Å². The molecule has 1 aliphatic rings. The first kappa shape index (κ1) is 11.7. The number of thiazole rings is 1. The lowest BCUT2D eigenvalue weighted by Crippen LogP contribution is -2.35. The number of aliphatic hydroxyl groups is 1. The van der Waals surface area contributed by atoms with Crippen molar-refractivity contribution in [1.29, 1.82) is 0 Å². The van der Waals surface area contributed by atoms with Gasteiger partial charge in [-0.2, -0.15) is 13.2 Å². The molecule has 1 aliphatic heterocycles. The molecule has 1 aromatic heterocycles. The molecule has 16 heavy (non-hydrogen) atoms. The molecule has 0 aromatic carbocycles. The number of hydrogen-bond donors (Lipinski definition) is 1. The highest BCUT2D eigenvalue weighted by Crippen LogP contribution is 2.33. The van der Waals surface area contributed by atoms with E-state index < -0.39 is 11.9 Å². The lowest BCUT2D eigenvalue weighted by Gasteiger charge is -2.29. The molecule has 0 aliphatic carbocycles. The molecule has 0 radical (unpaired) electrons. The maximum atomic E-state index is 12.3. The second kappa shape index (κ2) is 4.21. The molecule has 0 atom stereocenters. The van der Waals surface area contributed by atoms with Gasteiger partial charge in [-0.3, -0.25) is 0 Å². The molecule has 3 nitrogen and oxygen atoms in total. The number of aliphatic hydroxyl groups excluding tert-OH is 1. The van der Waals surface area contributed by atoms with Gasteiger partial charge >= 0.3 is 6.18 Å². The van der Waals surface area contributed by atoms with Crippen molar-refractivity contribution in [1.82, 2.24) is 4.98 Å². The van der Waals surface area contributed by atoms with Crippen LogP contribution >= 0.6 is 11.3 Å². The second-order valence-electron chi connectivity index (χ2n) is 3.73. The van der Waals surface area contributed by atoms with Crippen LogP contribution in [-0.4, -0.2) is 29.3 Å². The summed E-state index contributed by atoms with van der Waals surface area (Å²) >= 11 is 0.997. The Morgan fingerprint density at radius 2 is 2.00 bits per heavy atom. The maximum Gasteiger partial charge on any atom is 0.434 e. The number of piperidine rings is 1. The van der Waals surface area contributed by atoms with Gasteiger partial charge in [-0.1, -0.05) is 0 Å². The third-order valence-corrected chi connectivity index (χ3v) is 3.42. The number of rotatable bonds is 1. The predicted octanol–water partition coefficient (Wildman–Crippen LogP) is 2.12. The van der Waals surface area contributed by atoms with Gasteiger partial charge in [-0.25, -0.2) is 4.98 Å². The van der Waals surface area contributed by atoms with Crippen molar-refractivity contribution in [3.8, 4) is 0 Å². The summed E-state index contributed by atoms with van der Waals surface area (Å²) in [6.07, 6.45) is -3.54. The van der Waals surface area contributed by atoms with Gasteiger partial charge in [0.25, 0.3) is 0 Å². The summed E-state index contributed by atoms with van der Waals surface area (Å²) in [4.78, 5) is 5.35. The third-order valence-electron chi connectivity index (χ3n) is 2.52. The van der Waals surface area contributed by atoms with Crippen molar-refractivity contribution < 1.29 is 18.3 Å². The lowest BCUT2D eigenvalue weighted by atomic mass is 10.1. The van der Waals surface area contributed by atoms with Gasteiger partial charge in [0.15, 0.2) is 10.8 Å². The zero-order chi connectivity index (χ0) is 11.8. The molecule has 0 spiro atoms. The van der Waals surface area contributed by atoms with E-state index in [-0.39, 0.29) is 6.10 Å². The quantitative estimate of drug-likeness (QED) is 0.831.